The van der Waals surface area contributed by atoms with Crippen LogP contribution in [0.5, 0.6) is 0 Å². The third-order valence-electron chi connectivity index (χ3n) is 10.9. The molecule has 5 aromatic rings. The first-order valence-corrected chi connectivity index (χ1v) is 17.4. The molecule has 246 valence electrons. The van der Waals surface area contributed by atoms with Gasteiger partial charge in [0, 0.05) is 85.4 Å². The molecule has 4 aromatic carbocycles. The zero-order valence-corrected chi connectivity index (χ0v) is 28.1. The Labute approximate surface area is 288 Å². The van der Waals surface area contributed by atoms with Gasteiger partial charge in [0.05, 0.1) is 5.69 Å². The van der Waals surface area contributed by atoms with E-state index in [1.165, 1.54) is 22.5 Å². The Morgan fingerprint density at radius 1 is 0.673 bits per heavy atom. The van der Waals surface area contributed by atoms with Gasteiger partial charge in [-0.3, -0.25) is 0 Å². The second-order valence-electron chi connectivity index (χ2n) is 13.6. The van der Waals surface area contributed by atoms with Crippen molar-refractivity contribution in [1.82, 2.24) is 14.7 Å². The van der Waals surface area contributed by atoms with Crippen LogP contribution in [0.3, 0.4) is 0 Å². The van der Waals surface area contributed by atoms with Crippen molar-refractivity contribution in [3.63, 3.8) is 0 Å². The number of benzene rings is 4. The molecule has 0 spiro atoms. The number of rotatable bonds is 3. The first kappa shape index (κ1) is 29.6. The number of likely N-dealkylation sites (N-methyl/N-ethyl adjacent to an activating group) is 1. The van der Waals surface area contributed by atoms with Gasteiger partial charge in [-0.25, -0.2) is 0 Å². The normalized spacial score (nSPS) is 23.4. The highest BCUT2D eigenvalue weighted by Gasteiger charge is 2.39. The molecule has 0 N–H and O–H groups in total. The lowest BCUT2D eigenvalue weighted by molar-refractivity contribution is 0.277. The van der Waals surface area contributed by atoms with E-state index in [0.717, 1.165) is 53.6 Å². The summed E-state index contributed by atoms with van der Waals surface area (Å²) in [6.07, 6.45) is 17.7. The van der Waals surface area contributed by atoms with Crippen LogP contribution in [-0.4, -0.2) is 53.3 Å². The van der Waals surface area contributed by atoms with Gasteiger partial charge in [-0.1, -0.05) is 73.3 Å². The minimum absolute atomic E-state index is 0.0116. The van der Waals surface area contributed by atoms with E-state index in [0.29, 0.717) is 0 Å². The van der Waals surface area contributed by atoms with Crippen LogP contribution in [0, 0.1) is 0 Å². The Morgan fingerprint density at radius 3 is 2.27 bits per heavy atom. The molecular weight excluding hydrogens is 605 g/mol. The van der Waals surface area contributed by atoms with Crippen molar-refractivity contribution in [2.45, 2.75) is 44.2 Å². The van der Waals surface area contributed by atoms with Crippen LogP contribution in [0.2, 0.25) is 0 Å². The first-order valence-electron chi connectivity index (χ1n) is 17.4. The summed E-state index contributed by atoms with van der Waals surface area (Å²) in [7, 11) is 2.21. The minimum Gasteiger partial charge on any atom is -0.454 e. The third-order valence-corrected chi connectivity index (χ3v) is 10.9. The predicted molar refractivity (Wildman–Crippen MR) is 201 cm³/mol. The monoisotopic (exact) mass is 646 g/mol. The molecule has 4 aliphatic rings. The molecule has 9 rings (SSSR count). The Morgan fingerprint density at radius 2 is 1.37 bits per heavy atom. The van der Waals surface area contributed by atoms with Gasteiger partial charge in [-0.15, -0.1) is 0 Å². The maximum atomic E-state index is 6.61. The van der Waals surface area contributed by atoms with E-state index < -0.39 is 0 Å². The molecule has 0 saturated carbocycles. The van der Waals surface area contributed by atoms with Gasteiger partial charge in [0.1, 0.15) is 24.1 Å². The van der Waals surface area contributed by atoms with Gasteiger partial charge in [0.15, 0.2) is 5.58 Å². The van der Waals surface area contributed by atoms with Gasteiger partial charge < -0.3 is 33.8 Å². The van der Waals surface area contributed by atoms with Crippen molar-refractivity contribution in [3.05, 3.63) is 152 Å². The summed E-state index contributed by atoms with van der Waals surface area (Å²) in [5.41, 5.74) is 8.02. The maximum Gasteiger partial charge on any atom is 0.159 e. The molecule has 0 radical (unpaired) electrons. The van der Waals surface area contributed by atoms with E-state index in [4.69, 9.17) is 4.42 Å². The van der Waals surface area contributed by atoms with Crippen LogP contribution in [0.1, 0.15) is 30.4 Å². The quantitative estimate of drug-likeness (QED) is 0.182. The fourth-order valence-corrected chi connectivity index (χ4v) is 8.49. The number of nitrogens with zero attached hydrogens (tertiary/aromatic N) is 6. The molecule has 4 atom stereocenters. The highest BCUT2D eigenvalue weighted by Crippen LogP contribution is 2.45. The Hall–Kier alpha value is -5.56. The number of hydrogen-bond donors (Lipinski definition) is 0. The molecule has 49 heavy (non-hydrogen) atoms. The molecule has 7 nitrogen and oxygen atoms in total. The van der Waals surface area contributed by atoms with Gasteiger partial charge in [-0.05, 0) is 61.2 Å². The van der Waals surface area contributed by atoms with Gasteiger partial charge in [0.2, 0.25) is 0 Å². The summed E-state index contributed by atoms with van der Waals surface area (Å²) in [6.45, 7) is 8.55. The number of para-hydroxylation sites is 4. The molecule has 0 saturated heterocycles. The van der Waals surface area contributed by atoms with Gasteiger partial charge >= 0.3 is 0 Å². The van der Waals surface area contributed by atoms with Crippen LogP contribution in [0.25, 0.3) is 21.9 Å². The Kier molecular flexibility index (Phi) is 7.15. The van der Waals surface area contributed by atoms with Gasteiger partial charge in [-0.2, -0.15) is 0 Å². The molecule has 0 amide bonds. The summed E-state index contributed by atoms with van der Waals surface area (Å²) in [5, 5.41) is 2.28. The van der Waals surface area contributed by atoms with Crippen molar-refractivity contribution in [1.29, 1.82) is 0 Å². The van der Waals surface area contributed by atoms with Crippen molar-refractivity contribution >= 4 is 39.0 Å². The Bertz CT molecular complexity index is 2130. The van der Waals surface area contributed by atoms with E-state index in [2.05, 4.69) is 178 Å². The molecule has 1 aromatic heterocycles. The highest BCUT2D eigenvalue weighted by molar-refractivity contribution is 6.09. The van der Waals surface area contributed by atoms with Crippen LogP contribution in [-0.2, 0) is 6.42 Å². The molecule has 4 aliphatic heterocycles. The number of fused-ring (bicyclic) bond motifs is 11. The third kappa shape index (κ3) is 4.78. The number of hydrogen-bond acceptors (Lipinski definition) is 7. The standard InChI is InChI=1S/C42H42N6O/c1-4-40-45-22-12-21-44-24-27-46(30(44)2)37-18-9-6-14-32(37)35(29-31-13-5-8-17-36(31)47(40)28-25-45)42-43(3)23-26-48(42)38-19-11-16-34-33-15-7-10-20-39(33)49-41(34)38/h4-11,13-20,23-28,30,35,40,42H,1,12,21-22,29H2,2-3H3. The van der Waals surface area contributed by atoms with Crippen LogP contribution in [0.15, 0.2) is 145 Å². The van der Waals surface area contributed by atoms with E-state index >= 15 is 0 Å². The van der Waals surface area contributed by atoms with Crippen molar-refractivity contribution < 1.29 is 4.42 Å². The highest BCUT2D eigenvalue weighted by atomic mass is 16.3. The summed E-state index contributed by atoms with van der Waals surface area (Å²) in [6, 6.07) is 32.9. The molecule has 5 heterocycles. The maximum absolute atomic E-state index is 6.61. The van der Waals surface area contributed by atoms with E-state index in [1.54, 1.807) is 0 Å². The van der Waals surface area contributed by atoms with Gasteiger partial charge in [0.25, 0.3) is 0 Å². The average Bonchev–Trinajstić information content (AvgIpc) is 3.91. The fourth-order valence-electron chi connectivity index (χ4n) is 8.49. The molecule has 0 aliphatic carbocycles. The fraction of sp³-hybridized carbons (Fsp3) is 0.238. The molecule has 7 heteroatoms. The van der Waals surface area contributed by atoms with E-state index in [9.17, 15) is 0 Å². The molecule has 0 fully saturated rings. The van der Waals surface area contributed by atoms with Crippen LogP contribution in [0.4, 0.5) is 17.1 Å². The topological polar surface area (TPSA) is 32.6 Å². The summed E-state index contributed by atoms with van der Waals surface area (Å²) in [5.74, 6) is 0.0848. The van der Waals surface area contributed by atoms with E-state index in [-0.39, 0.29) is 24.4 Å². The van der Waals surface area contributed by atoms with Crippen molar-refractivity contribution in [3.8, 4) is 0 Å². The zero-order valence-electron chi connectivity index (χ0n) is 28.1. The summed E-state index contributed by atoms with van der Waals surface area (Å²) < 4.78 is 6.61. The number of furan rings is 1. The summed E-state index contributed by atoms with van der Waals surface area (Å²) in [4.78, 5) is 14.6. The second-order valence-corrected chi connectivity index (χ2v) is 13.6. The zero-order chi connectivity index (χ0) is 33.1. The minimum atomic E-state index is -0.0116. The van der Waals surface area contributed by atoms with Crippen LogP contribution >= 0.6 is 0 Å². The van der Waals surface area contributed by atoms with E-state index in [1.807, 2.05) is 6.07 Å². The molecular formula is C42H42N6O. The lowest BCUT2D eigenvalue weighted by atomic mass is 9.86. The number of anilines is 3. The second kappa shape index (κ2) is 11.8. The largest absolute Gasteiger partial charge is 0.454 e. The predicted octanol–water partition coefficient (Wildman–Crippen LogP) is 8.61. The van der Waals surface area contributed by atoms with Crippen molar-refractivity contribution in [2.75, 3.05) is 34.8 Å². The first-order chi connectivity index (χ1) is 24.1. The lowest BCUT2D eigenvalue weighted by Crippen LogP contribution is -2.43. The molecule has 4 unspecified atom stereocenters. The average molecular weight is 647 g/mol. The van der Waals surface area contributed by atoms with Crippen molar-refractivity contribution in [2.24, 2.45) is 0 Å². The molecule has 4 bridgehead atoms. The lowest BCUT2D eigenvalue weighted by Gasteiger charge is -2.40. The Balaban J connectivity index is 1.23. The smallest absolute Gasteiger partial charge is 0.159 e. The SMILES string of the molecule is C=CC1N2C=CN1c1ccccc1CC(C1N(C)C=CN1c1cccc3c1oc1ccccc13)c1ccccc1N1C=CN(CCC2)C1C. The van der Waals surface area contributed by atoms with Crippen LogP contribution < -0.4 is 14.7 Å². The summed E-state index contributed by atoms with van der Waals surface area (Å²) >= 11 is 0.